The summed E-state index contributed by atoms with van der Waals surface area (Å²) in [5.41, 5.74) is 1.45. The van der Waals surface area contributed by atoms with Gasteiger partial charge in [0.15, 0.2) is 5.65 Å². The predicted octanol–water partition coefficient (Wildman–Crippen LogP) is 1.89. The Balaban J connectivity index is 1.93. The third-order valence-electron chi connectivity index (χ3n) is 2.75. The molecule has 2 aromatic heterocycles. The molecular formula is C13H13N5O2. The Hall–Kier alpha value is -2.83. The molecule has 1 aromatic carbocycles. The number of nitrogens with one attached hydrogen (secondary N) is 1. The molecular weight excluding hydrogens is 258 g/mol. The highest BCUT2D eigenvalue weighted by atomic mass is 16.5. The maximum atomic E-state index is 5.22. The number of hydrogen-bond donors (Lipinski definition) is 1. The molecule has 0 aliphatic rings. The smallest absolute Gasteiger partial charge is 0.247 e. The minimum atomic E-state index is 0.480. The average Bonchev–Trinajstić information content (AvgIpc) is 2.88. The van der Waals surface area contributed by atoms with Crippen LogP contribution >= 0.6 is 0 Å². The normalized spacial score (nSPS) is 10.5. The standard InChI is InChI=1S/C13H13N5O2/c1-19-10-5-9(6-11(7-10)20-2)15-13-16-12-8-14-3-4-18(12)17-13/h3-8H,1-2H3,(H,15,17). The molecule has 0 saturated carbocycles. The maximum absolute atomic E-state index is 5.22. The van der Waals surface area contributed by atoms with Crippen LogP contribution in [0.3, 0.4) is 0 Å². The van der Waals surface area contributed by atoms with Crippen molar-refractivity contribution in [3.8, 4) is 11.5 Å². The van der Waals surface area contributed by atoms with Crippen molar-refractivity contribution in [3.63, 3.8) is 0 Å². The number of nitrogens with zero attached hydrogens (tertiary/aromatic N) is 4. The van der Waals surface area contributed by atoms with Crippen LogP contribution < -0.4 is 14.8 Å². The number of ether oxygens (including phenoxy) is 2. The molecule has 0 amide bonds. The lowest BCUT2D eigenvalue weighted by molar-refractivity contribution is 0.395. The minimum Gasteiger partial charge on any atom is -0.497 e. The molecule has 7 nitrogen and oxygen atoms in total. The fourth-order valence-electron chi connectivity index (χ4n) is 1.81. The molecule has 20 heavy (non-hydrogen) atoms. The van der Waals surface area contributed by atoms with Crippen molar-refractivity contribution < 1.29 is 9.47 Å². The zero-order valence-electron chi connectivity index (χ0n) is 11.1. The lowest BCUT2D eigenvalue weighted by Gasteiger charge is -2.08. The van der Waals surface area contributed by atoms with E-state index in [1.165, 1.54) is 0 Å². The molecule has 1 N–H and O–H groups in total. The summed E-state index contributed by atoms with van der Waals surface area (Å²) in [6.07, 6.45) is 5.03. The van der Waals surface area contributed by atoms with Crippen LogP contribution in [0.4, 0.5) is 11.6 Å². The zero-order valence-corrected chi connectivity index (χ0v) is 11.1. The molecule has 0 aliphatic carbocycles. The lowest BCUT2D eigenvalue weighted by Crippen LogP contribution is -1.95. The maximum Gasteiger partial charge on any atom is 0.247 e. The third-order valence-corrected chi connectivity index (χ3v) is 2.75. The second kappa shape index (κ2) is 5.04. The summed E-state index contributed by atoms with van der Waals surface area (Å²) in [5, 5.41) is 7.40. The minimum absolute atomic E-state index is 0.480. The fourth-order valence-corrected chi connectivity index (χ4v) is 1.81. The van der Waals surface area contributed by atoms with E-state index in [0.29, 0.717) is 23.1 Å². The molecule has 0 radical (unpaired) electrons. The predicted molar refractivity (Wildman–Crippen MR) is 73.6 cm³/mol. The van der Waals surface area contributed by atoms with Crippen LogP contribution in [0.1, 0.15) is 0 Å². The van der Waals surface area contributed by atoms with Crippen LogP contribution in [0, 0.1) is 0 Å². The van der Waals surface area contributed by atoms with Crippen LogP contribution in [0.5, 0.6) is 11.5 Å². The van der Waals surface area contributed by atoms with Gasteiger partial charge in [0, 0.05) is 36.3 Å². The topological polar surface area (TPSA) is 73.6 Å². The first-order valence-corrected chi connectivity index (χ1v) is 5.95. The molecule has 3 aromatic rings. The molecule has 7 heteroatoms. The SMILES string of the molecule is COc1cc(Nc2nc3cnccn3n2)cc(OC)c1. The van der Waals surface area contributed by atoms with E-state index in [9.17, 15) is 0 Å². The summed E-state index contributed by atoms with van der Waals surface area (Å²) in [7, 11) is 3.21. The lowest BCUT2D eigenvalue weighted by atomic mass is 10.3. The van der Waals surface area contributed by atoms with Gasteiger partial charge < -0.3 is 14.8 Å². The Morgan fingerprint density at radius 1 is 1.10 bits per heavy atom. The Labute approximate surface area is 115 Å². The van der Waals surface area contributed by atoms with Gasteiger partial charge in [-0.15, -0.1) is 5.10 Å². The number of rotatable bonds is 4. The van der Waals surface area contributed by atoms with Gasteiger partial charge >= 0.3 is 0 Å². The van der Waals surface area contributed by atoms with Gasteiger partial charge in [0.25, 0.3) is 0 Å². The second-order valence-electron chi connectivity index (χ2n) is 4.04. The Morgan fingerprint density at radius 3 is 2.50 bits per heavy atom. The molecule has 2 heterocycles. The number of hydrogen-bond acceptors (Lipinski definition) is 6. The van der Waals surface area contributed by atoms with Crippen LogP contribution in [-0.2, 0) is 0 Å². The number of anilines is 2. The van der Waals surface area contributed by atoms with Crippen molar-refractivity contribution in [3.05, 3.63) is 36.8 Å². The fraction of sp³-hybridized carbons (Fsp3) is 0.154. The monoisotopic (exact) mass is 271 g/mol. The van der Waals surface area contributed by atoms with E-state index in [1.807, 2.05) is 12.1 Å². The van der Waals surface area contributed by atoms with Gasteiger partial charge in [-0.25, -0.2) is 4.52 Å². The van der Waals surface area contributed by atoms with E-state index < -0.39 is 0 Å². The van der Waals surface area contributed by atoms with Crippen LogP contribution in [0.15, 0.2) is 36.8 Å². The first-order chi connectivity index (χ1) is 9.78. The van der Waals surface area contributed by atoms with E-state index in [0.717, 1.165) is 5.69 Å². The summed E-state index contributed by atoms with van der Waals surface area (Å²) in [6.45, 7) is 0. The van der Waals surface area contributed by atoms with Crippen molar-refractivity contribution in [2.24, 2.45) is 0 Å². The highest BCUT2D eigenvalue weighted by Crippen LogP contribution is 2.27. The van der Waals surface area contributed by atoms with Gasteiger partial charge in [-0.2, -0.15) is 4.98 Å². The van der Waals surface area contributed by atoms with Crippen LogP contribution in [-0.4, -0.2) is 33.8 Å². The molecule has 3 rings (SSSR count). The zero-order chi connectivity index (χ0) is 13.9. The number of benzene rings is 1. The van der Waals surface area contributed by atoms with Gasteiger partial charge in [0.2, 0.25) is 5.95 Å². The molecule has 0 aliphatic heterocycles. The van der Waals surface area contributed by atoms with E-state index in [-0.39, 0.29) is 0 Å². The van der Waals surface area contributed by atoms with Crippen LogP contribution in [0.2, 0.25) is 0 Å². The van der Waals surface area contributed by atoms with Crippen molar-refractivity contribution in [2.45, 2.75) is 0 Å². The molecule has 0 fully saturated rings. The Morgan fingerprint density at radius 2 is 1.85 bits per heavy atom. The van der Waals surface area contributed by atoms with Crippen molar-refractivity contribution in [1.29, 1.82) is 0 Å². The van der Waals surface area contributed by atoms with Crippen molar-refractivity contribution >= 4 is 17.3 Å². The summed E-state index contributed by atoms with van der Waals surface area (Å²) in [5.74, 6) is 1.86. The van der Waals surface area contributed by atoms with E-state index in [2.05, 4.69) is 20.4 Å². The quantitative estimate of drug-likeness (QED) is 0.781. The van der Waals surface area contributed by atoms with Crippen LogP contribution in [0.25, 0.3) is 5.65 Å². The van der Waals surface area contributed by atoms with Gasteiger partial charge in [0.05, 0.1) is 20.4 Å². The molecule has 0 bridgehead atoms. The largest absolute Gasteiger partial charge is 0.497 e. The van der Waals surface area contributed by atoms with Gasteiger partial charge in [-0.1, -0.05) is 0 Å². The average molecular weight is 271 g/mol. The highest BCUT2D eigenvalue weighted by molar-refractivity contribution is 5.60. The van der Waals surface area contributed by atoms with Crippen molar-refractivity contribution in [1.82, 2.24) is 19.6 Å². The first kappa shape index (κ1) is 12.2. The summed E-state index contributed by atoms with van der Waals surface area (Å²) >= 11 is 0. The third kappa shape index (κ3) is 2.33. The number of fused-ring (bicyclic) bond motifs is 1. The molecule has 0 saturated heterocycles. The Kier molecular flexibility index (Phi) is 3.08. The number of aromatic nitrogens is 4. The molecule has 0 atom stereocenters. The van der Waals surface area contributed by atoms with Crippen molar-refractivity contribution in [2.75, 3.05) is 19.5 Å². The summed E-state index contributed by atoms with van der Waals surface area (Å²) in [4.78, 5) is 8.31. The van der Waals surface area contributed by atoms with E-state index >= 15 is 0 Å². The Bertz CT molecular complexity index is 685. The van der Waals surface area contributed by atoms with Gasteiger partial charge in [-0.3, -0.25) is 4.98 Å². The van der Waals surface area contributed by atoms with Gasteiger partial charge in [-0.05, 0) is 0 Å². The van der Waals surface area contributed by atoms with E-state index in [1.54, 1.807) is 43.4 Å². The van der Waals surface area contributed by atoms with E-state index in [4.69, 9.17) is 9.47 Å². The summed E-state index contributed by atoms with van der Waals surface area (Å²) < 4.78 is 12.1. The first-order valence-electron chi connectivity index (χ1n) is 5.95. The molecule has 0 unspecified atom stereocenters. The molecule has 102 valence electrons. The molecule has 0 spiro atoms. The van der Waals surface area contributed by atoms with Gasteiger partial charge in [0.1, 0.15) is 11.5 Å². The summed E-state index contributed by atoms with van der Waals surface area (Å²) in [6, 6.07) is 5.48. The second-order valence-corrected chi connectivity index (χ2v) is 4.04. The number of methoxy groups -OCH3 is 2. The highest BCUT2D eigenvalue weighted by Gasteiger charge is 2.06.